The van der Waals surface area contributed by atoms with E-state index in [1.807, 2.05) is 6.92 Å². The van der Waals surface area contributed by atoms with Gasteiger partial charge in [0.1, 0.15) is 0 Å². The smallest absolute Gasteiger partial charge is 0.311 e. The summed E-state index contributed by atoms with van der Waals surface area (Å²) in [5.74, 6) is -0.449. The highest BCUT2D eigenvalue weighted by molar-refractivity contribution is 5.80. The van der Waals surface area contributed by atoms with Crippen molar-refractivity contribution in [3.63, 3.8) is 0 Å². The number of carbonyl (C=O) groups is 2. The Morgan fingerprint density at radius 3 is 2.27 bits per heavy atom. The van der Waals surface area contributed by atoms with Crippen molar-refractivity contribution in [1.82, 2.24) is 0 Å². The lowest BCUT2D eigenvalue weighted by Crippen LogP contribution is -2.66. The number of aliphatic hydroxyl groups is 2. The first-order valence-corrected chi connectivity index (χ1v) is 14.5. The number of rotatable bonds is 3. The lowest BCUT2D eigenvalue weighted by Gasteiger charge is -2.71. The second-order valence-corrected chi connectivity index (χ2v) is 14.8. The van der Waals surface area contributed by atoms with E-state index in [1.54, 1.807) is 0 Å². The fraction of sp³-hybridized carbons (Fsp3) is 0.871. The number of hydrogen-bond donors (Lipinski definition) is 3. The van der Waals surface area contributed by atoms with Crippen LogP contribution < -0.4 is 0 Å². The van der Waals surface area contributed by atoms with Gasteiger partial charge in [-0.1, -0.05) is 39.3 Å². The largest absolute Gasteiger partial charge is 0.481 e. The van der Waals surface area contributed by atoms with Gasteiger partial charge in [-0.05, 0) is 105 Å². The van der Waals surface area contributed by atoms with Gasteiger partial charge < -0.3 is 20.1 Å². The van der Waals surface area contributed by atoms with Gasteiger partial charge >= 0.3 is 11.9 Å². The third kappa shape index (κ3) is 3.24. The number of fused-ring (bicyclic) bond motifs is 7. The molecule has 0 spiro atoms. The van der Waals surface area contributed by atoms with Crippen molar-refractivity contribution in [3.05, 3.63) is 11.6 Å². The third-order valence-corrected chi connectivity index (χ3v) is 13.6. The van der Waals surface area contributed by atoms with Crippen molar-refractivity contribution in [2.75, 3.05) is 13.7 Å². The van der Waals surface area contributed by atoms with Gasteiger partial charge in [0.05, 0.1) is 30.7 Å². The van der Waals surface area contributed by atoms with Gasteiger partial charge in [0.2, 0.25) is 0 Å². The molecule has 0 radical (unpaired) electrons. The number of methoxy groups -OCH3 is 1. The van der Waals surface area contributed by atoms with Crippen molar-refractivity contribution in [2.45, 2.75) is 105 Å². The van der Waals surface area contributed by atoms with Gasteiger partial charge in [-0.2, -0.15) is 0 Å². The molecule has 0 aromatic heterocycles. The highest BCUT2D eigenvalue weighted by Gasteiger charge is 2.70. The van der Waals surface area contributed by atoms with Gasteiger partial charge in [0.15, 0.2) is 0 Å². The first-order valence-electron chi connectivity index (χ1n) is 14.5. The van der Waals surface area contributed by atoms with Gasteiger partial charge in [0.25, 0.3) is 0 Å². The predicted octanol–water partition coefficient (Wildman–Crippen LogP) is 5.36. The molecular weight excluding hydrogens is 468 g/mol. The molecule has 0 unspecified atom stereocenters. The van der Waals surface area contributed by atoms with Crippen LogP contribution in [-0.2, 0) is 14.3 Å². The minimum absolute atomic E-state index is 0.00315. The summed E-state index contributed by atoms with van der Waals surface area (Å²) in [5, 5.41) is 31.9. The lowest BCUT2D eigenvalue weighted by molar-refractivity contribution is -0.217. The van der Waals surface area contributed by atoms with Crippen LogP contribution in [0.5, 0.6) is 0 Å². The molecule has 10 atom stereocenters. The SMILES string of the molecule is COC(=O)[C@@]1(C)CC[C@]2(C(=O)O)CC[C@]3(C)C(=CC[C@@H]4[C@@]5(C)CC[C@H](O)[C@@](C)(CO)[C@H]5CC[C@]43C)[C@H]2C1. The molecule has 5 rings (SSSR count). The maximum Gasteiger partial charge on any atom is 0.311 e. The van der Waals surface area contributed by atoms with E-state index in [-0.39, 0.29) is 40.7 Å². The van der Waals surface area contributed by atoms with Gasteiger partial charge in [-0.15, -0.1) is 0 Å². The number of carboxylic acids is 1. The molecule has 0 heterocycles. The van der Waals surface area contributed by atoms with Gasteiger partial charge in [0, 0.05) is 5.41 Å². The Morgan fingerprint density at radius 1 is 0.973 bits per heavy atom. The Morgan fingerprint density at radius 2 is 1.65 bits per heavy atom. The number of carbonyl (C=O) groups excluding carboxylic acids is 1. The van der Waals surface area contributed by atoms with E-state index < -0.39 is 28.3 Å². The van der Waals surface area contributed by atoms with E-state index in [0.29, 0.717) is 38.0 Å². The molecule has 6 heteroatoms. The second-order valence-electron chi connectivity index (χ2n) is 14.8. The molecule has 0 saturated heterocycles. The van der Waals surface area contributed by atoms with Crippen LogP contribution in [-0.4, -0.2) is 47.1 Å². The Kier molecular flexibility index (Phi) is 6.10. The summed E-state index contributed by atoms with van der Waals surface area (Å²) in [5.41, 5.74) is -0.843. The first kappa shape index (κ1) is 27.2. The van der Waals surface area contributed by atoms with E-state index in [9.17, 15) is 24.9 Å². The molecule has 5 aliphatic rings. The Bertz CT molecular complexity index is 1020. The van der Waals surface area contributed by atoms with E-state index in [2.05, 4.69) is 33.8 Å². The summed E-state index contributed by atoms with van der Waals surface area (Å²) >= 11 is 0. The average molecular weight is 517 g/mol. The lowest BCUT2D eigenvalue weighted by atomic mass is 9.33. The summed E-state index contributed by atoms with van der Waals surface area (Å²) in [7, 11) is 1.43. The van der Waals surface area contributed by atoms with Crippen LogP contribution in [0.15, 0.2) is 11.6 Å². The number of aliphatic carboxylic acids is 1. The summed E-state index contributed by atoms with van der Waals surface area (Å²) < 4.78 is 5.20. The molecule has 4 fully saturated rings. The quantitative estimate of drug-likeness (QED) is 0.345. The van der Waals surface area contributed by atoms with Crippen molar-refractivity contribution in [2.24, 2.45) is 50.2 Å². The van der Waals surface area contributed by atoms with Crippen LogP contribution in [0.3, 0.4) is 0 Å². The van der Waals surface area contributed by atoms with Crippen LogP contribution in [0.2, 0.25) is 0 Å². The molecule has 208 valence electrons. The molecule has 5 aliphatic carbocycles. The number of carboxylic acid groups (broad SMARTS) is 1. The van der Waals surface area contributed by atoms with Crippen molar-refractivity contribution >= 4 is 11.9 Å². The second kappa shape index (κ2) is 8.30. The molecule has 3 N–H and O–H groups in total. The Balaban J connectivity index is 1.59. The molecule has 0 aromatic rings. The normalized spacial score (nSPS) is 53.0. The fourth-order valence-corrected chi connectivity index (χ4v) is 10.9. The van der Waals surface area contributed by atoms with Crippen LogP contribution in [0.25, 0.3) is 0 Å². The molecule has 0 bridgehead atoms. The van der Waals surface area contributed by atoms with Crippen molar-refractivity contribution in [1.29, 1.82) is 0 Å². The van der Waals surface area contributed by atoms with Crippen LogP contribution in [0, 0.1) is 50.2 Å². The summed E-state index contributed by atoms with van der Waals surface area (Å²) in [6.07, 6.45) is 9.54. The monoisotopic (exact) mass is 516 g/mol. The van der Waals surface area contributed by atoms with Gasteiger partial charge in [-0.3, -0.25) is 9.59 Å². The van der Waals surface area contributed by atoms with E-state index in [1.165, 1.54) is 12.7 Å². The zero-order valence-electron chi connectivity index (χ0n) is 23.7. The van der Waals surface area contributed by atoms with Crippen LogP contribution in [0.4, 0.5) is 0 Å². The number of allylic oxidation sites excluding steroid dienone is 2. The van der Waals surface area contributed by atoms with E-state index >= 15 is 0 Å². The zero-order valence-corrected chi connectivity index (χ0v) is 23.7. The minimum atomic E-state index is -0.812. The predicted molar refractivity (Wildman–Crippen MR) is 140 cm³/mol. The summed E-state index contributed by atoms with van der Waals surface area (Å²) in [6, 6.07) is 0. The molecule has 4 saturated carbocycles. The van der Waals surface area contributed by atoms with Crippen LogP contribution >= 0.6 is 0 Å². The first-order chi connectivity index (χ1) is 17.2. The highest BCUT2D eigenvalue weighted by Crippen LogP contribution is 2.75. The topological polar surface area (TPSA) is 104 Å². The maximum absolute atomic E-state index is 12.9. The Hall–Kier alpha value is -1.40. The third-order valence-electron chi connectivity index (χ3n) is 13.6. The fourth-order valence-electron chi connectivity index (χ4n) is 10.9. The zero-order chi connectivity index (χ0) is 27.2. The van der Waals surface area contributed by atoms with E-state index in [0.717, 1.165) is 32.1 Å². The minimum Gasteiger partial charge on any atom is -0.481 e. The molecular formula is C31H48O6. The number of aliphatic hydroxyl groups excluding tert-OH is 2. The molecule has 37 heavy (non-hydrogen) atoms. The van der Waals surface area contributed by atoms with Gasteiger partial charge in [-0.25, -0.2) is 0 Å². The maximum atomic E-state index is 12.9. The number of hydrogen-bond acceptors (Lipinski definition) is 5. The molecule has 0 aromatic carbocycles. The number of ether oxygens (including phenoxy) is 1. The molecule has 0 amide bonds. The summed E-state index contributed by atoms with van der Waals surface area (Å²) in [6.45, 7) is 11.3. The average Bonchev–Trinajstić information content (AvgIpc) is 2.86. The van der Waals surface area contributed by atoms with Crippen LogP contribution in [0.1, 0.15) is 98.8 Å². The highest BCUT2D eigenvalue weighted by atomic mass is 16.5. The molecule has 6 nitrogen and oxygen atoms in total. The Labute approximate surface area is 222 Å². The van der Waals surface area contributed by atoms with Crippen molar-refractivity contribution < 1.29 is 29.6 Å². The van der Waals surface area contributed by atoms with Crippen molar-refractivity contribution in [3.8, 4) is 0 Å². The standard InChI is InChI=1S/C31H48O6/c1-26(25(36)37-6)13-15-31(24(34)35)16-14-29(4)19(20(31)17-26)7-8-22-27(2)11-10-23(33)28(3,18-32)21(27)9-12-30(22,29)5/h7,20-23,32-33H,8-18H2,1-6H3,(H,34,35)/t20-,21+,22-,23+,26+,27+,28+,29-,30-,31+/m1/s1. The number of esters is 1. The van der Waals surface area contributed by atoms with E-state index in [4.69, 9.17) is 4.74 Å². The summed E-state index contributed by atoms with van der Waals surface area (Å²) in [4.78, 5) is 25.7. The molecule has 0 aliphatic heterocycles.